The van der Waals surface area contributed by atoms with E-state index >= 15 is 0 Å². The van der Waals surface area contributed by atoms with Gasteiger partial charge in [0.2, 0.25) is 5.91 Å². The molecule has 0 saturated carbocycles. The van der Waals surface area contributed by atoms with Crippen LogP contribution in [0.5, 0.6) is 0 Å². The molecule has 2 amide bonds. The summed E-state index contributed by atoms with van der Waals surface area (Å²) in [5.74, 6) is 0.0227. The van der Waals surface area contributed by atoms with Gasteiger partial charge in [-0.1, -0.05) is 18.2 Å². The molecule has 2 atom stereocenters. The van der Waals surface area contributed by atoms with Crippen LogP contribution in [0.2, 0.25) is 0 Å². The van der Waals surface area contributed by atoms with E-state index in [0.717, 1.165) is 42.5 Å². The smallest absolute Gasteiger partial charge is 0.255 e. The highest BCUT2D eigenvalue weighted by atomic mass is 16.5. The predicted octanol–water partition coefficient (Wildman–Crippen LogP) is 1.79. The number of hydrogen-bond donors (Lipinski definition) is 1. The lowest BCUT2D eigenvalue weighted by Crippen LogP contribution is -2.67. The van der Waals surface area contributed by atoms with Gasteiger partial charge >= 0.3 is 0 Å². The number of aromatic nitrogens is 1. The number of benzene rings is 1. The molecule has 2 aromatic rings. The molecule has 5 rings (SSSR count). The first kappa shape index (κ1) is 15.9. The van der Waals surface area contributed by atoms with Crippen molar-refractivity contribution in [2.24, 2.45) is 0 Å². The van der Waals surface area contributed by atoms with E-state index in [1.807, 2.05) is 25.1 Å². The number of piperazine rings is 1. The number of carbonyl (C=O) groups is 2. The van der Waals surface area contributed by atoms with Crippen LogP contribution in [0.25, 0.3) is 10.9 Å². The maximum atomic E-state index is 13.5. The van der Waals surface area contributed by atoms with Crippen LogP contribution >= 0.6 is 0 Å². The number of aromatic amines is 1. The molecule has 2 fully saturated rings. The Balaban J connectivity index is 1.58. The lowest BCUT2D eigenvalue weighted by atomic mass is 9.83. The van der Waals surface area contributed by atoms with Crippen molar-refractivity contribution in [1.82, 2.24) is 14.8 Å². The monoisotopic (exact) mass is 353 g/mol. The number of hydrogen-bond acceptors (Lipinski definition) is 3. The molecule has 136 valence electrons. The van der Waals surface area contributed by atoms with Gasteiger partial charge in [0.25, 0.3) is 5.91 Å². The third-order valence-electron chi connectivity index (χ3n) is 6.20. The number of rotatable bonds is 2. The highest BCUT2D eigenvalue weighted by Gasteiger charge is 2.54. The Kier molecular flexibility index (Phi) is 3.41. The molecular weight excluding hydrogens is 330 g/mol. The second-order valence-corrected chi connectivity index (χ2v) is 7.71. The minimum absolute atomic E-state index is 0.0000983. The minimum Gasteiger partial charge on any atom is -0.376 e. The summed E-state index contributed by atoms with van der Waals surface area (Å²) in [7, 11) is 0. The molecule has 1 aromatic carbocycles. The fraction of sp³-hybridized carbons (Fsp3) is 0.500. The number of H-pyrrole nitrogens is 1. The summed E-state index contributed by atoms with van der Waals surface area (Å²) in [5.41, 5.74) is 2.11. The highest BCUT2D eigenvalue weighted by Crippen LogP contribution is 2.42. The average Bonchev–Trinajstić information content (AvgIpc) is 3.27. The highest BCUT2D eigenvalue weighted by molar-refractivity contribution is 6.00. The molecule has 0 radical (unpaired) electrons. The number of para-hydroxylation sites is 1. The molecule has 0 bridgehead atoms. The van der Waals surface area contributed by atoms with Crippen molar-refractivity contribution in [3.8, 4) is 0 Å². The maximum absolute atomic E-state index is 13.5. The van der Waals surface area contributed by atoms with E-state index in [9.17, 15) is 9.59 Å². The van der Waals surface area contributed by atoms with Crippen LogP contribution in [-0.2, 0) is 26.3 Å². The molecule has 3 aliphatic rings. The van der Waals surface area contributed by atoms with Crippen molar-refractivity contribution in [3.05, 3.63) is 35.5 Å². The lowest BCUT2D eigenvalue weighted by molar-refractivity contribution is -0.167. The normalized spacial score (nSPS) is 28.6. The van der Waals surface area contributed by atoms with Crippen LogP contribution in [0.3, 0.4) is 0 Å². The average molecular weight is 353 g/mol. The van der Waals surface area contributed by atoms with Gasteiger partial charge in [0.15, 0.2) is 5.54 Å². The predicted molar refractivity (Wildman–Crippen MR) is 96.6 cm³/mol. The standard InChI is InChI=1S/C20H23N3O3/c1-20-18-15(14-6-2-3-7-16(14)21-18)8-9-23(20)17(24)12-22(19(20)25)11-13-5-4-10-26-13/h2-3,6-7,13,21H,4-5,8-12H2,1H3/t13-,20+/m1/s1. The summed E-state index contributed by atoms with van der Waals surface area (Å²) >= 11 is 0. The van der Waals surface area contributed by atoms with Gasteiger partial charge in [-0.05, 0) is 37.8 Å². The zero-order valence-corrected chi connectivity index (χ0v) is 15.0. The first-order valence-corrected chi connectivity index (χ1v) is 9.40. The first-order chi connectivity index (χ1) is 12.6. The summed E-state index contributed by atoms with van der Waals surface area (Å²) in [4.78, 5) is 33.3. The van der Waals surface area contributed by atoms with Gasteiger partial charge in [0, 0.05) is 30.6 Å². The Morgan fingerprint density at radius 2 is 2.15 bits per heavy atom. The van der Waals surface area contributed by atoms with Crippen LogP contribution in [0, 0.1) is 0 Å². The number of amides is 2. The quantitative estimate of drug-likeness (QED) is 0.895. The van der Waals surface area contributed by atoms with E-state index in [1.165, 1.54) is 5.56 Å². The molecule has 2 saturated heterocycles. The Morgan fingerprint density at radius 1 is 1.31 bits per heavy atom. The molecule has 26 heavy (non-hydrogen) atoms. The van der Waals surface area contributed by atoms with Crippen molar-refractivity contribution in [3.63, 3.8) is 0 Å². The van der Waals surface area contributed by atoms with E-state index in [0.29, 0.717) is 13.1 Å². The Hall–Kier alpha value is -2.34. The van der Waals surface area contributed by atoms with Crippen molar-refractivity contribution in [2.75, 3.05) is 26.2 Å². The van der Waals surface area contributed by atoms with Gasteiger partial charge in [-0.2, -0.15) is 0 Å². The van der Waals surface area contributed by atoms with Gasteiger partial charge in [0.05, 0.1) is 18.3 Å². The molecule has 1 aromatic heterocycles. The van der Waals surface area contributed by atoms with Gasteiger partial charge in [-0.25, -0.2) is 0 Å². The van der Waals surface area contributed by atoms with Crippen LogP contribution in [0.4, 0.5) is 0 Å². The summed E-state index contributed by atoms with van der Waals surface area (Å²) < 4.78 is 5.70. The van der Waals surface area contributed by atoms with Gasteiger partial charge in [0.1, 0.15) is 0 Å². The van der Waals surface area contributed by atoms with Crippen molar-refractivity contribution in [1.29, 1.82) is 0 Å². The lowest BCUT2D eigenvalue weighted by Gasteiger charge is -2.49. The van der Waals surface area contributed by atoms with Crippen LogP contribution < -0.4 is 0 Å². The topological polar surface area (TPSA) is 65.6 Å². The zero-order chi connectivity index (χ0) is 17.9. The number of carbonyl (C=O) groups excluding carboxylic acids is 2. The summed E-state index contributed by atoms with van der Waals surface area (Å²) in [6.45, 7) is 3.88. The van der Waals surface area contributed by atoms with E-state index < -0.39 is 5.54 Å². The number of nitrogens with zero attached hydrogens (tertiary/aromatic N) is 2. The van der Waals surface area contributed by atoms with Gasteiger partial charge in [-0.15, -0.1) is 0 Å². The molecule has 6 nitrogen and oxygen atoms in total. The summed E-state index contributed by atoms with van der Waals surface area (Å²) in [6.07, 6.45) is 2.80. The van der Waals surface area contributed by atoms with Crippen LogP contribution in [0.15, 0.2) is 24.3 Å². The fourth-order valence-corrected chi connectivity index (χ4v) is 4.86. The van der Waals surface area contributed by atoms with E-state index in [4.69, 9.17) is 4.74 Å². The molecule has 0 aliphatic carbocycles. The molecule has 0 spiro atoms. The molecule has 3 aliphatic heterocycles. The molecular formula is C20H23N3O3. The van der Waals surface area contributed by atoms with Crippen molar-refractivity contribution in [2.45, 2.75) is 37.8 Å². The zero-order valence-electron chi connectivity index (χ0n) is 15.0. The molecule has 4 heterocycles. The second kappa shape index (κ2) is 5.58. The number of nitrogens with one attached hydrogen (secondary N) is 1. The van der Waals surface area contributed by atoms with Gasteiger partial charge < -0.3 is 19.5 Å². The van der Waals surface area contributed by atoms with Crippen LogP contribution in [0.1, 0.15) is 31.0 Å². The fourth-order valence-electron chi connectivity index (χ4n) is 4.86. The van der Waals surface area contributed by atoms with Crippen molar-refractivity contribution >= 4 is 22.7 Å². The van der Waals surface area contributed by atoms with Gasteiger partial charge in [-0.3, -0.25) is 9.59 Å². The van der Waals surface area contributed by atoms with E-state index in [2.05, 4.69) is 11.1 Å². The second-order valence-electron chi connectivity index (χ2n) is 7.71. The summed E-state index contributed by atoms with van der Waals surface area (Å²) in [6, 6.07) is 8.12. The number of fused-ring (bicyclic) bond motifs is 5. The third kappa shape index (κ3) is 2.08. The number of ether oxygens (including phenoxy) is 1. The third-order valence-corrected chi connectivity index (χ3v) is 6.20. The summed E-state index contributed by atoms with van der Waals surface area (Å²) in [5, 5.41) is 1.15. The van der Waals surface area contributed by atoms with Crippen molar-refractivity contribution < 1.29 is 14.3 Å². The Bertz CT molecular complexity index is 899. The molecule has 1 N–H and O–H groups in total. The van der Waals surface area contributed by atoms with E-state index in [1.54, 1.807) is 9.80 Å². The first-order valence-electron chi connectivity index (χ1n) is 9.40. The Labute approximate surface area is 152 Å². The maximum Gasteiger partial charge on any atom is 0.255 e. The SMILES string of the molecule is C[C@]12C(=O)N(C[C@H]3CCCO3)CC(=O)N1CCc1c2[nH]c2ccccc12. The van der Waals surface area contributed by atoms with Crippen LogP contribution in [-0.4, -0.2) is 58.9 Å². The van der Waals surface area contributed by atoms with E-state index in [-0.39, 0.29) is 24.5 Å². The Morgan fingerprint density at radius 3 is 2.96 bits per heavy atom. The minimum atomic E-state index is -0.958. The molecule has 6 heteroatoms. The largest absolute Gasteiger partial charge is 0.376 e. The molecule has 0 unspecified atom stereocenters.